The highest BCUT2D eigenvalue weighted by Crippen LogP contribution is 2.22. The minimum Gasteiger partial charge on any atom is -0.478 e. The number of nitrogens with zero attached hydrogens (tertiary/aromatic N) is 3. The molecule has 1 aromatic heterocycles. The Morgan fingerprint density at radius 3 is 2.57 bits per heavy atom. The Morgan fingerprint density at radius 1 is 1.10 bits per heavy atom. The third-order valence-corrected chi connectivity index (χ3v) is 2.94. The van der Waals surface area contributed by atoms with Gasteiger partial charge in [-0.05, 0) is 30.3 Å². The van der Waals surface area contributed by atoms with Crippen molar-refractivity contribution in [1.82, 2.24) is 15.0 Å². The molecule has 8 heteroatoms. The highest BCUT2D eigenvalue weighted by atomic mass is 19.2. The molecular weight excluding hydrogens is 287 g/mol. The van der Waals surface area contributed by atoms with E-state index in [9.17, 15) is 18.0 Å². The maximum absolute atomic E-state index is 13.8. The van der Waals surface area contributed by atoms with Gasteiger partial charge in [0.05, 0.1) is 11.1 Å². The quantitative estimate of drug-likeness (QED) is 0.737. The van der Waals surface area contributed by atoms with Gasteiger partial charge in [-0.25, -0.2) is 22.6 Å². The van der Waals surface area contributed by atoms with E-state index in [4.69, 9.17) is 5.11 Å². The van der Waals surface area contributed by atoms with E-state index in [-0.39, 0.29) is 16.8 Å². The number of benzene rings is 2. The lowest BCUT2D eigenvalue weighted by Gasteiger charge is -2.05. The maximum Gasteiger partial charge on any atom is 0.335 e. The van der Waals surface area contributed by atoms with E-state index in [0.29, 0.717) is 5.52 Å². The van der Waals surface area contributed by atoms with Gasteiger partial charge < -0.3 is 5.11 Å². The van der Waals surface area contributed by atoms with E-state index in [0.717, 1.165) is 16.8 Å². The molecule has 21 heavy (non-hydrogen) atoms. The molecular formula is C13H6F3N3O2. The Labute approximate surface area is 115 Å². The minimum absolute atomic E-state index is 0.0611. The number of hydrogen-bond donors (Lipinski definition) is 1. The zero-order valence-electron chi connectivity index (χ0n) is 10.2. The van der Waals surface area contributed by atoms with Gasteiger partial charge in [0.1, 0.15) is 11.2 Å². The lowest BCUT2D eigenvalue weighted by atomic mass is 10.2. The topological polar surface area (TPSA) is 68.0 Å². The van der Waals surface area contributed by atoms with Crippen LogP contribution in [0.15, 0.2) is 30.3 Å². The number of aromatic nitrogens is 3. The van der Waals surface area contributed by atoms with Crippen molar-refractivity contribution in [2.75, 3.05) is 0 Å². The summed E-state index contributed by atoms with van der Waals surface area (Å²) in [5, 5.41) is 16.3. The van der Waals surface area contributed by atoms with Gasteiger partial charge in [0.2, 0.25) is 0 Å². The Kier molecular flexibility index (Phi) is 2.86. The highest BCUT2D eigenvalue weighted by molar-refractivity contribution is 5.92. The first kappa shape index (κ1) is 13.1. The summed E-state index contributed by atoms with van der Waals surface area (Å²) < 4.78 is 40.9. The van der Waals surface area contributed by atoms with Crippen LogP contribution in [0.4, 0.5) is 13.2 Å². The van der Waals surface area contributed by atoms with E-state index < -0.39 is 23.4 Å². The van der Waals surface area contributed by atoms with Crippen molar-refractivity contribution in [2.45, 2.75) is 0 Å². The highest BCUT2D eigenvalue weighted by Gasteiger charge is 2.18. The number of fused-ring (bicyclic) bond motifs is 1. The predicted octanol–water partition coefficient (Wildman–Crippen LogP) is 2.54. The first-order chi connectivity index (χ1) is 9.99. The number of halogens is 3. The minimum atomic E-state index is -1.63. The Balaban J connectivity index is 2.28. The molecule has 0 saturated heterocycles. The van der Waals surface area contributed by atoms with Crippen LogP contribution in [0.3, 0.4) is 0 Å². The van der Waals surface area contributed by atoms with E-state index >= 15 is 0 Å². The summed E-state index contributed by atoms with van der Waals surface area (Å²) in [7, 11) is 0. The smallest absolute Gasteiger partial charge is 0.335 e. The lowest BCUT2D eigenvalue weighted by Crippen LogP contribution is -2.04. The van der Waals surface area contributed by atoms with Crippen molar-refractivity contribution < 1.29 is 23.1 Å². The second-order valence-corrected chi connectivity index (χ2v) is 4.20. The number of carboxylic acid groups (broad SMARTS) is 1. The van der Waals surface area contributed by atoms with Crippen molar-refractivity contribution in [3.63, 3.8) is 0 Å². The summed E-state index contributed by atoms with van der Waals surface area (Å²) in [6, 6.07) is 5.67. The van der Waals surface area contributed by atoms with Crippen LogP contribution in [0.25, 0.3) is 16.7 Å². The van der Waals surface area contributed by atoms with Crippen LogP contribution in [0.1, 0.15) is 10.4 Å². The van der Waals surface area contributed by atoms with Crippen molar-refractivity contribution in [3.8, 4) is 5.69 Å². The summed E-state index contributed by atoms with van der Waals surface area (Å²) in [6.45, 7) is 0. The van der Waals surface area contributed by atoms with Crippen molar-refractivity contribution >= 4 is 17.0 Å². The fourth-order valence-corrected chi connectivity index (χ4v) is 1.91. The number of carbonyl (C=O) groups is 1. The van der Waals surface area contributed by atoms with E-state index in [1.54, 1.807) is 0 Å². The second kappa shape index (κ2) is 4.58. The van der Waals surface area contributed by atoms with Crippen LogP contribution < -0.4 is 0 Å². The molecule has 0 spiro atoms. The van der Waals surface area contributed by atoms with Crippen molar-refractivity contribution in [2.24, 2.45) is 0 Å². The molecule has 0 bridgehead atoms. The lowest BCUT2D eigenvalue weighted by molar-refractivity contribution is 0.0697. The Bertz CT molecular complexity index is 876. The maximum atomic E-state index is 13.8. The first-order valence-corrected chi connectivity index (χ1v) is 5.71. The fraction of sp³-hybridized carbons (Fsp3) is 0. The van der Waals surface area contributed by atoms with Crippen LogP contribution >= 0.6 is 0 Å². The molecule has 1 N–H and O–H groups in total. The molecule has 0 saturated carbocycles. The summed E-state index contributed by atoms with van der Waals surface area (Å²) in [5.74, 6) is -5.57. The zero-order valence-corrected chi connectivity index (χ0v) is 10.2. The molecule has 5 nitrogen and oxygen atoms in total. The van der Waals surface area contributed by atoms with Crippen LogP contribution in [-0.2, 0) is 0 Å². The van der Waals surface area contributed by atoms with Crippen molar-refractivity contribution in [3.05, 3.63) is 53.3 Å². The molecule has 3 rings (SSSR count). The SMILES string of the molecule is O=C(O)c1ccc2nnn(-c3ccc(F)c(F)c3F)c2c1. The first-order valence-electron chi connectivity index (χ1n) is 5.71. The molecule has 3 aromatic rings. The summed E-state index contributed by atoms with van der Waals surface area (Å²) in [4.78, 5) is 10.9. The van der Waals surface area contributed by atoms with E-state index in [1.807, 2.05) is 0 Å². The molecule has 2 aromatic carbocycles. The van der Waals surface area contributed by atoms with Gasteiger partial charge in [-0.3, -0.25) is 0 Å². The van der Waals surface area contributed by atoms with Crippen LogP contribution in [0, 0.1) is 17.5 Å². The zero-order chi connectivity index (χ0) is 15.1. The normalized spacial score (nSPS) is 11.0. The molecule has 0 aliphatic carbocycles. The second-order valence-electron chi connectivity index (χ2n) is 4.20. The van der Waals surface area contributed by atoms with Crippen LogP contribution in [0.5, 0.6) is 0 Å². The van der Waals surface area contributed by atoms with Gasteiger partial charge in [0, 0.05) is 0 Å². The van der Waals surface area contributed by atoms with Crippen molar-refractivity contribution in [1.29, 1.82) is 0 Å². The number of aromatic carboxylic acids is 1. The number of rotatable bonds is 2. The molecule has 1 heterocycles. The Morgan fingerprint density at radius 2 is 1.86 bits per heavy atom. The van der Waals surface area contributed by atoms with Gasteiger partial charge in [-0.15, -0.1) is 5.10 Å². The Hall–Kier alpha value is -2.90. The molecule has 0 radical (unpaired) electrons. The van der Waals surface area contributed by atoms with Crippen LogP contribution in [-0.4, -0.2) is 26.1 Å². The number of hydrogen-bond acceptors (Lipinski definition) is 3. The van der Waals surface area contributed by atoms with E-state index in [2.05, 4.69) is 10.3 Å². The monoisotopic (exact) mass is 293 g/mol. The van der Waals surface area contributed by atoms with Gasteiger partial charge in [0.25, 0.3) is 0 Å². The summed E-state index contributed by atoms with van der Waals surface area (Å²) in [5.41, 5.74) is 0.0388. The molecule has 0 aliphatic heterocycles. The molecule has 0 unspecified atom stereocenters. The average Bonchev–Trinajstić information content (AvgIpc) is 2.88. The van der Waals surface area contributed by atoms with Gasteiger partial charge >= 0.3 is 5.97 Å². The fourth-order valence-electron chi connectivity index (χ4n) is 1.91. The standard InChI is InChI=1S/C13H6F3N3O2/c14-7-2-4-9(12(16)11(7)15)19-10-5-6(13(20)21)1-3-8(10)17-18-19/h1-5H,(H,20,21). The number of carboxylic acids is 1. The summed E-state index contributed by atoms with van der Waals surface area (Å²) in [6.07, 6.45) is 0. The predicted molar refractivity (Wildman–Crippen MR) is 65.7 cm³/mol. The largest absolute Gasteiger partial charge is 0.478 e. The molecule has 0 fully saturated rings. The van der Waals surface area contributed by atoms with Gasteiger partial charge in [-0.1, -0.05) is 5.21 Å². The third-order valence-electron chi connectivity index (χ3n) is 2.94. The van der Waals surface area contributed by atoms with Gasteiger partial charge in [-0.2, -0.15) is 0 Å². The summed E-state index contributed by atoms with van der Waals surface area (Å²) >= 11 is 0. The molecule has 0 amide bonds. The van der Waals surface area contributed by atoms with E-state index in [1.165, 1.54) is 18.2 Å². The van der Waals surface area contributed by atoms with Crippen LogP contribution in [0.2, 0.25) is 0 Å². The average molecular weight is 293 g/mol. The molecule has 0 atom stereocenters. The third kappa shape index (κ3) is 2.00. The van der Waals surface area contributed by atoms with Gasteiger partial charge in [0.15, 0.2) is 17.5 Å². The molecule has 0 aliphatic rings. The molecule has 106 valence electrons.